The molecule has 0 saturated carbocycles. The predicted octanol–water partition coefficient (Wildman–Crippen LogP) is -0.444. The number of sulfonamides is 1. The first kappa shape index (κ1) is 13.0. The molecule has 0 aromatic carbocycles. The Balaban J connectivity index is 2.17. The van der Waals surface area contributed by atoms with E-state index in [4.69, 9.17) is 0 Å². The van der Waals surface area contributed by atoms with Gasteiger partial charge < -0.3 is 5.32 Å². The molecule has 1 unspecified atom stereocenters. The summed E-state index contributed by atoms with van der Waals surface area (Å²) in [5.74, 6) is -0.388. The maximum Gasteiger partial charge on any atom is 0.259 e. The highest BCUT2D eigenvalue weighted by atomic mass is 32.2. The van der Waals surface area contributed by atoms with Gasteiger partial charge in [-0.1, -0.05) is 0 Å². The predicted molar refractivity (Wildman–Crippen MR) is 64.1 cm³/mol. The van der Waals surface area contributed by atoms with Crippen molar-refractivity contribution in [1.82, 2.24) is 19.8 Å². The number of nitrogens with one attached hydrogen (secondary N) is 2. The van der Waals surface area contributed by atoms with E-state index in [2.05, 4.69) is 15.5 Å². The van der Waals surface area contributed by atoms with Gasteiger partial charge in [0.05, 0.1) is 12.1 Å². The number of amides is 1. The van der Waals surface area contributed by atoms with E-state index in [1.54, 1.807) is 7.05 Å². The summed E-state index contributed by atoms with van der Waals surface area (Å²) in [6, 6.07) is 1.42. The van der Waals surface area contributed by atoms with Gasteiger partial charge in [-0.3, -0.25) is 9.89 Å². The van der Waals surface area contributed by atoms with Crippen molar-refractivity contribution in [2.24, 2.45) is 5.92 Å². The molecule has 0 aliphatic carbocycles. The average Bonchev–Trinajstić information content (AvgIpc) is 2.92. The molecule has 7 nitrogen and oxygen atoms in total. The van der Waals surface area contributed by atoms with Gasteiger partial charge in [0.25, 0.3) is 10.0 Å². The third kappa shape index (κ3) is 2.39. The summed E-state index contributed by atoms with van der Waals surface area (Å²) >= 11 is 0. The Bertz CT molecular complexity index is 511. The SMILES string of the molecule is CNC(=O)C1CCCN(S(=O)(=O)c2ccn[nH]2)C1. The normalized spacial score (nSPS) is 21.7. The van der Waals surface area contributed by atoms with E-state index in [1.165, 1.54) is 16.6 Å². The first-order valence-corrected chi connectivity index (χ1v) is 7.21. The Morgan fingerprint density at radius 3 is 3.00 bits per heavy atom. The van der Waals surface area contributed by atoms with Crippen molar-refractivity contribution in [3.05, 3.63) is 12.3 Å². The molecule has 1 atom stereocenters. The van der Waals surface area contributed by atoms with E-state index < -0.39 is 10.0 Å². The molecule has 1 fully saturated rings. The van der Waals surface area contributed by atoms with Gasteiger partial charge in [0.15, 0.2) is 5.03 Å². The minimum atomic E-state index is -3.56. The quantitative estimate of drug-likeness (QED) is 0.779. The second-order valence-electron chi connectivity index (χ2n) is 4.24. The molecule has 0 radical (unpaired) electrons. The fourth-order valence-electron chi connectivity index (χ4n) is 2.10. The van der Waals surface area contributed by atoms with E-state index in [9.17, 15) is 13.2 Å². The van der Waals surface area contributed by atoms with Crippen LogP contribution in [0.3, 0.4) is 0 Å². The first-order valence-electron chi connectivity index (χ1n) is 5.77. The van der Waals surface area contributed by atoms with Crippen LogP contribution in [-0.4, -0.2) is 49.0 Å². The van der Waals surface area contributed by atoms with Crippen LogP contribution in [0.5, 0.6) is 0 Å². The Morgan fingerprint density at radius 1 is 1.61 bits per heavy atom. The summed E-state index contributed by atoms with van der Waals surface area (Å²) in [6.07, 6.45) is 2.80. The fourth-order valence-corrected chi connectivity index (χ4v) is 3.53. The van der Waals surface area contributed by atoms with E-state index >= 15 is 0 Å². The number of aromatic nitrogens is 2. The number of carbonyl (C=O) groups excluding carboxylic acids is 1. The van der Waals surface area contributed by atoms with Gasteiger partial charge in [-0.2, -0.15) is 9.40 Å². The van der Waals surface area contributed by atoms with Crippen molar-refractivity contribution >= 4 is 15.9 Å². The van der Waals surface area contributed by atoms with Crippen LogP contribution in [0.25, 0.3) is 0 Å². The Morgan fingerprint density at radius 2 is 2.39 bits per heavy atom. The number of hydrogen-bond donors (Lipinski definition) is 2. The summed E-state index contributed by atoms with van der Waals surface area (Å²) < 4.78 is 25.8. The monoisotopic (exact) mass is 272 g/mol. The highest BCUT2D eigenvalue weighted by Crippen LogP contribution is 2.22. The summed E-state index contributed by atoms with van der Waals surface area (Å²) in [7, 11) is -2.00. The largest absolute Gasteiger partial charge is 0.359 e. The zero-order chi connectivity index (χ0) is 13.2. The topological polar surface area (TPSA) is 95.2 Å². The van der Waals surface area contributed by atoms with E-state index in [-0.39, 0.29) is 23.4 Å². The van der Waals surface area contributed by atoms with E-state index in [0.29, 0.717) is 19.4 Å². The molecule has 100 valence electrons. The lowest BCUT2D eigenvalue weighted by atomic mass is 9.99. The first-order chi connectivity index (χ1) is 8.55. The van der Waals surface area contributed by atoms with Gasteiger partial charge in [-0.15, -0.1) is 0 Å². The Hall–Kier alpha value is -1.41. The lowest BCUT2D eigenvalue weighted by Crippen LogP contribution is -2.44. The van der Waals surface area contributed by atoms with Crippen LogP contribution in [0, 0.1) is 5.92 Å². The van der Waals surface area contributed by atoms with Crippen LogP contribution < -0.4 is 5.32 Å². The van der Waals surface area contributed by atoms with E-state index in [0.717, 1.165) is 0 Å². The number of hydrogen-bond acceptors (Lipinski definition) is 4. The summed E-state index contributed by atoms with van der Waals surface area (Å²) in [6.45, 7) is 0.663. The maximum atomic E-state index is 12.2. The molecule has 1 aromatic rings. The minimum Gasteiger partial charge on any atom is -0.359 e. The number of carbonyl (C=O) groups is 1. The molecule has 1 saturated heterocycles. The number of rotatable bonds is 3. The molecule has 1 aromatic heterocycles. The highest BCUT2D eigenvalue weighted by molar-refractivity contribution is 7.89. The summed E-state index contributed by atoms with van der Waals surface area (Å²) in [5.41, 5.74) is 0. The molecule has 1 aliphatic heterocycles. The van der Waals surface area contributed by atoms with Crippen molar-refractivity contribution in [2.45, 2.75) is 17.9 Å². The van der Waals surface area contributed by atoms with Crippen LogP contribution in [0.15, 0.2) is 17.3 Å². The smallest absolute Gasteiger partial charge is 0.259 e. The number of aromatic amines is 1. The fraction of sp³-hybridized carbons (Fsp3) is 0.600. The molecule has 0 bridgehead atoms. The van der Waals surface area contributed by atoms with Gasteiger partial charge in [-0.05, 0) is 18.9 Å². The number of H-pyrrole nitrogens is 1. The maximum absolute atomic E-state index is 12.2. The van der Waals surface area contributed by atoms with Gasteiger partial charge in [0.1, 0.15) is 0 Å². The second-order valence-corrected chi connectivity index (χ2v) is 6.14. The van der Waals surface area contributed by atoms with Crippen LogP contribution in [0.1, 0.15) is 12.8 Å². The second kappa shape index (κ2) is 5.07. The third-order valence-corrected chi connectivity index (χ3v) is 4.89. The molecule has 1 aliphatic rings. The molecule has 1 amide bonds. The average molecular weight is 272 g/mol. The van der Waals surface area contributed by atoms with Crippen LogP contribution in [-0.2, 0) is 14.8 Å². The molecule has 2 N–H and O–H groups in total. The molecular formula is C10H16N4O3S. The van der Waals surface area contributed by atoms with Crippen molar-refractivity contribution in [3.63, 3.8) is 0 Å². The van der Waals surface area contributed by atoms with Gasteiger partial charge >= 0.3 is 0 Å². The highest BCUT2D eigenvalue weighted by Gasteiger charge is 2.33. The summed E-state index contributed by atoms with van der Waals surface area (Å²) in [5, 5.41) is 8.73. The van der Waals surface area contributed by atoms with Gasteiger partial charge in [0, 0.05) is 20.1 Å². The standard InChI is InChI=1S/C10H16N4O3S/c1-11-10(15)8-3-2-6-14(7-8)18(16,17)9-4-5-12-13-9/h4-5,8H,2-3,6-7H2,1H3,(H,11,15)(H,12,13). The minimum absolute atomic E-state index is 0.0695. The Kier molecular flexibility index (Phi) is 3.67. The molecule has 2 rings (SSSR count). The lowest BCUT2D eigenvalue weighted by molar-refractivity contribution is -0.125. The Labute approximate surface area is 106 Å². The lowest BCUT2D eigenvalue weighted by Gasteiger charge is -2.30. The summed E-state index contributed by atoms with van der Waals surface area (Å²) in [4.78, 5) is 11.6. The molecule has 2 heterocycles. The van der Waals surface area contributed by atoms with E-state index in [1.807, 2.05) is 0 Å². The van der Waals surface area contributed by atoms with Crippen molar-refractivity contribution in [1.29, 1.82) is 0 Å². The van der Waals surface area contributed by atoms with Crippen LogP contribution in [0.2, 0.25) is 0 Å². The van der Waals surface area contributed by atoms with Crippen molar-refractivity contribution in [3.8, 4) is 0 Å². The molecule has 18 heavy (non-hydrogen) atoms. The number of piperidine rings is 1. The van der Waals surface area contributed by atoms with Crippen LogP contribution in [0.4, 0.5) is 0 Å². The van der Waals surface area contributed by atoms with Crippen LogP contribution >= 0.6 is 0 Å². The van der Waals surface area contributed by atoms with Crippen molar-refractivity contribution < 1.29 is 13.2 Å². The molecular weight excluding hydrogens is 256 g/mol. The third-order valence-electron chi connectivity index (χ3n) is 3.09. The zero-order valence-electron chi connectivity index (χ0n) is 10.1. The van der Waals surface area contributed by atoms with Crippen molar-refractivity contribution in [2.75, 3.05) is 20.1 Å². The van der Waals surface area contributed by atoms with Gasteiger partial charge in [0.2, 0.25) is 5.91 Å². The molecule has 8 heteroatoms. The zero-order valence-corrected chi connectivity index (χ0v) is 10.9. The molecule has 0 spiro atoms. The van der Waals surface area contributed by atoms with Gasteiger partial charge in [-0.25, -0.2) is 8.42 Å². The number of nitrogens with zero attached hydrogens (tertiary/aromatic N) is 2.